The Morgan fingerprint density at radius 2 is 2.00 bits per heavy atom. The average molecular weight is 310 g/mol. The first-order valence-corrected chi connectivity index (χ1v) is 8.90. The van der Waals surface area contributed by atoms with E-state index in [-0.39, 0.29) is 0 Å². The van der Waals surface area contributed by atoms with E-state index < -0.39 is 0 Å². The van der Waals surface area contributed by atoms with Gasteiger partial charge in [0.15, 0.2) is 5.96 Å². The quantitative estimate of drug-likeness (QED) is 0.614. The second kappa shape index (κ2) is 8.73. The Labute approximate surface area is 135 Å². The fourth-order valence-corrected chi connectivity index (χ4v) is 3.55. The maximum absolute atomic E-state index is 5.52. The lowest BCUT2D eigenvalue weighted by molar-refractivity contribution is -0.0174. The summed E-state index contributed by atoms with van der Waals surface area (Å²) in [5.74, 6) is 1.84. The van der Waals surface area contributed by atoms with E-state index >= 15 is 0 Å². The first-order valence-electron chi connectivity index (χ1n) is 8.90. The third kappa shape index (κ3) is 5.13. The Morgan fingerprint density at radius 1 is 1.27 bits per heavy atom. The van der Waals surface area contributed by atoms with E-state index in [0.717, 1.165) is 38.2 Å². The molecule has 128 valence electrons. The van der Waals surface area contributed by atoms with Crippen LogP contribution in [-0.4, -0.2) is 62.3 Å². The summed E-state index contributed by atoms with van der Waals surface area (Å²) < 4.78 is 5.52. The predicted octanol–water partition coefficient (Wildman–Crippen LogP) is 1.84. The molecule has 0 aromatic heterocycles. The molecule has 0 amide bonds. The summed E-state index contributed by atoms with van der Waals surface area (Å²) in [6.07, 6.45) is 5.18. The molecule has 1 aliphatic carbocycles. The standard InChI is InChI=1S/C17H34N4O/c1-13-5-7-16(8-6-13)20-17(18-4)19-11-14(2)21-9-10-22-12-15(21)3/h13-16H,5-12H2,1-4H3,(H2,18,19,20). The Hall–Kier alpha value is -0.810. The minimum Gasteiger partial charge on any atom is -0.379 e. The van der Waals surface area contributed by atoms with Gasteiger partial charge in [0.2, 0.25) is 0 Å². The van der Waals surface area contributed by atoms with E-state index in [2.05, 4.69) is 41.3 Å². The molecule has 1 heterocycles. The number of morpholine rings is 1. The zero-order valence-corrected chi connectivity index (χ0v) is 14.8. The number of guanidine groups is 1. The molecule has 2 aliphatic rings. The number of nitrogens with one attached hydrogen (secondary N) is 2. The van der Waals surface area contributed by atoms with Crippen LogP contribution in [-0.2, 0) is 4.74 Å². The van der Waals surface area contributed by atoms with Crippen LogP contribution in [0.1, 0.15) is 46.5 Å². The van der Waals surface area contributed by atoms with Gasteiger partial charge in [-0.05, 0) is 45.4 Å². The van der Waals surface area contributed by atoms with E-state index in [4.69, 9.17) is 4.74 Å². The van der Waals surface area contributed by atoms with Gasteiger partial charge in [-0.15, -0.1) is 0 Å². The van der Waals surface area contributed by atoms with Gasteiger partial charge in [0.1, 0.15) is 0 Å². The fraction of sp³-hybridized carbons (Fsp3) is 0.941. The van der Waals surface area contributed by atoms with Gasteiger partial charge in [0.25, 0.3) is 0 Å². The summed E-state index contributed by atoms with van der Waals surface area (Å²) in [6, 6.07) is 1.57. The summed E-state index contributed by atoms with van der Waals surface area (Å²) in [6.45, 7) is 10.5. The largest absolute Gasteiger partial charge is 0.379 e. The van der Waals surface area contributed by atoms with E-state index in [1.54, 1.807) is 0 Å². The summed E-state index contributed by atoms with van der Waals surface area (Å²) >= 11 is 0. The molecule has 2 fully saturated rings. The van der Waals surface area contributed by atoms with Crippen molar-refractivity contribution in [3.8, 4) is 0 Å². The summed E-state index contributed by atoms with van der Waals surface area (Å²) in [4.78, 5) is 6.91. The summed E-state index contributed by atoms with van der Waals surface area (Å²) in [7, 11) is 1.86. The lowest BCUT2D eigenvalue weighted by Crippen LogP contribution is -2.53. The number of rotatable bonds is 4. The molecule has 5 nitrogen and oxygen atoms in total. The third-order valence-corrected chi connectivity index (χ3v) is 5.13. The number of hydrogen-bond donors (Lipinski definition) is 2. The number of nitrogens with zero attached hydrogens (tertiary/aromatic N) is 2. The molecular formula is C17H34N4O. The lowest BCUT2D eigenvalue weighted by atomic mass is 9.87. The van der Waals surface area contributed by atoms with Crippen molar-refractivity contribution >= 4 is 5.96 Å². The van der Waals surface area contributed by atoms with Crippen molar-refractivity contribution in [3.05, 3.63) is 0 Å². The molecule has 1 saturated carbocycles. The second-order valence-corrected chi connectivity index (χ2v) is 7.07. The monoisotopic (exact) mass is 310 g/mol. The fourth-order valence-electron chi connectivity index (χ4n) is 3.55. The normalized spacial score (nSPS) is 32.5. The molecule has 2 unspecified atom stereocenters. The highest BCUT2D eigenvalue weighted by Crippen LogP contribution is 2.23. The van der Waals surface area contributed by atoms with Crippen molar-refractivity contribution in [1.29, 1.82) is 0 Å². The average Bonchev–Trinajstić information content (AvgIpc) is 2.53. The van der Waals surface area contributed by atoms with Gasteiger partial charge in [-0.1, -0.05) is 6.92 Å². The van der Waals surface area contributed by atoms with Gasteiger partial charge < -0.3 is 15.4 Å². The lowest BCUT2D eigenvalue weighted by Gasteiger charge is -2.38. The van der Waals surface area contributed by atoms with Crippen LogP contribution in [0.4, 0.5) is 0 Å². The van der Waals surface area contributed by atoms with Crippen LogP contribution in [0.3, 0.4) is 0 Å². The number of ether oxygens (including phenoxy) is 1. The Morgan fingerprint density at radius 3 is 2.64 bits per heavy atom. The molecule has 2 rings (SSSR count). The highest BCUT2D eigenvalue weighted by Gasteiger charge is 2.24. The first-order chi connectivity index (χ1) is 10.6. The maximum Gasteiger partial charge on any atom is 0.191 e. The molecule has 1 aliphatic heterocycles. The SMILES string of the molecule is CN=C(NCC(C)N1CCOCC1C)NC1CCC(C)CC1. The highest BCUT2D eigenvalue weighted by molar-refractivity contribution is 5.80. The van der Waals surface area contributed by atoms with Crippen molar-refractivity contribution in [2.24, 2.45) is 10.9 Å². The first kappa shape index (κ1) is 17.5. The van der Waals surface area contributed by atoms with Crippen LogP contribution < -0.4 is 10.6 Å². The van der Waals surface area contributed by atoms with E-state index in [1.165, 1.54) is 25.7 Å². The minimum absolute atomic E-state index is 0.490. The molecule has 5 heteroatoms. The summed E-state index contributed by atoms with van der Waals surface area (Å²) in [5, 5.41) is 7.09. The molecule has 2 atom stereocenters. The van der Waals surface area contributed by atoms with Crippen LogP contribution in [0.2, 0.25) is 0 Å². The predicted molar refractivity (Wildman–Crippen MR) is 92.4 cm³/mol. The Bertz CT molecular complexity index is 353. The van der Waals surface area contributed by atoms with Gasteiger partial charge in [-0.2, -0.15) is 0 Å². The van der Waals surface area contributed by atoms with E-state index in [9.17, 15) is 0 Å². The van der Waals surface area contributed by atoms with Crippen LogP contribution in [0, 0.1) is 5.92 Å². The summed E-state index contributed by atoms with van der Waals surface area (Å²) in [5.41, 5.74) is 0. The Kier molecular flexibility index (Phi) is 6.96. The smallest absolute Gasteiger partial charge is 0.191 e. The molecule has 0 aromatic rings. The van der Waals surface area contributed by atoms with Crippen molar-refractivity contribution in [2.45, 2.75) is 64.6 Å². The van der Waals surface area contributed by atoms with E-state index in [1.807, 2.05) is 7.05 Å². The number of hydrogen-bond acceptors (Lipinski definition) is 3. The number of aliphatic imine (C=N–C) groups is 1. The van der Waals surface area contributed by atoms with E-state index in [0.29, 0.717) is 18.1 Å². The zero-order valence-electron chi connectivity index (χ0n) is 14.8. The molecule has 1 saturated heterocycles. The highest BCUT2D eigenvalue weighted by atomic mass is 16.5. The topological polar surface area (TPSA) is 48.9 Å². The molecule has 2 N–H and O–H groups in total. The van der Waals surface area contributed by atoms with Crippen molar-refractivity contribution < 1.29 is 4.74 Å². The maximum atomic E-state index is 5.52. The van der Waals surface area contributed by atoms with Crippen LogP contribution >= 0.6 is 0 Å². The Balaban J connectivity index is 1.73. The van der Waals surface area contributed by atoms with Crippen molar-refractivity contribution in [1.82, 2.24) is 15.5 Å². The van der Waals surface area contributed by atoms with Crippen molar-refractivity contribution in [2.75, 3.05) is 33.4 Å². The van der Waals surface area contributed by atoms with Gasteiger partial charge in [-0.25, -0.2) is 0 Å². The van der Waals surface area contributed by atoms with Crippen LogP contribution in [0.25, 0.3) is 0 Å². The van der Waals surface area contributed by atoms with Gasteiger partial charge >= 0.3 is 0 Å². The second-order valence-electron chi connectivity index (χ2n) is 7.07. The molecule has 0 spiro atoms. The van der Waals surface area contributed by atoms with Gasteiger partial charge in [-0.3, -0.25) is 9.89 Å². The molecular weight excluding hydrogens is 276 g/mol. The molecule has 0 bridgehead atoms. The van der Waals surface area contributed by atoms with Crippen LogP contribution in [0.5, 0.6) is 0 Å². The molecule has 0 radical (unpaired) electrons. The van der Waals surface area contributed by atoms with Crippen molar-refractivity contribution in [3.63, 3.8) is 0 Å². The van der Waals surface area contributed by atoms with Gasteiger partial charge in [0.05, 0.1) is 13.2 Å². The third-order valence-electron chi connectivity index (χ3n) is 5.13. The molecule has 0 aromatic carbocycles. The van der Waals surface area contributed by atoms with Gasteiger partial charge in [0, 0.05) is 38.3 Å². The van der Waals surface area contributed by atoms with Crippen LogP contribution in [0.15, 0.2) is 4.99 Å². The minimum atomic E-state index is 0.490. The molecule has 22 heavy (non-hydrogen) atoms. The zero-order chi connectivity index (χ0) is 15.9.